The van der Waals surface area contributed by atoms with Gasteiger partial charge in [-0.25, -0.2) is 22.8 Å². The maximum atomic E-state index is 13.8. The van der Waals surface area contributed by atoms with E-state index < -0.39 is 21.6 Å². The molecule has 0 atom stereocenters. The van der Waals surface area contributed by atoms with E-state index in [1.54, 1.807) is 49.6 Å². The molecule has 170 valence electrons. The molecule has 0 radical (unpaired) electrons. The van der Waals surface area contributed by atoms with Crippen molar-refractivity contribution in [3.05, 3.63) is 89.5 Å². The molecule has 0 aliphatic heterocycles. The summed E-state index contributed by atoms with van der Waals surface area (Å²) in [4.78, 5) is 13.0. The van der Waals surface area contributed by atoms with Crippen LogP contribution in [0.5, 0.6) is 11.6 Å². The molecule has 0 unspecified atom stereocenters. The summed E-state index contributed by atoms with van der Waals surface area (Å²) in [7, 11) is -3.79. The second-order valence-corrected chi connectivity index (χ2v) is 9.20. The molecule has 10 heteroatoms. The average molecular weight is 468 g/mol. The van der Waals surface area contributed by atoms with Crippen molar-refractivity contribution in [1.29, 1.82) is 0 Å². The summed E-state index contributed by atoms with van der Waals surface area (Å²) in [5, 5.41) is 0. The maximum Gasteiger partial charge on any atom is 0.237 e. The highest BCUT2D eigenvalue weighted by Gasteiger charge is 2.15. The van der Waals surface area contributed by atoms with Crippen LogP contribution < -0.4 is 9.46 Å². The van der Waals surface area contributed by atoms with Gasteiger partial charge < -0.3 is 4.74 Å². The molecule has 33 heavy (non-hydrogen) atoms. The minimum absolute atomic E-state index is 0.100. The Balaban J connectivity index is 1.48. The van der Waals surface area contributed by atoms with E-state index in [-0.39, 0.29) is 5.56 Å². The maximum absolute atomic E-state index is 13.8. The van der Waals surface area contributed by atoms with E-state index in [2.05, 4.69) is 19.7 Å². The zero-order valence-electron chi connectivity index (χ0n) is 18.3. The van der Waals surface area contributed by atoms with Gasteiger partial charge in [-0.1, -0.05) is 18.2 Å². The van der Waals surface area contributed by atoms with Crippen LogP contribution in [0.2, 0.25) is 0 Å². The van der Waals surface area contributed by atoms with Crippen LogP contribution in [-0.2, 0) is 15.8 Å². The number of nitrogens with one attached hydrogen (secondary N) is 1. The normalized spacial score (nSPS) is 11.4. The number of anilines is 1. The lowest BCUT2D eigenvalue weighted by atomic mass is 10.2. The summed E-state index contributed by atoms with van der Waals surface area (Å²) in [5.41, 5.74) is 2.30. The van der Waals surface area contributed by atoms with Crippen LogP contribution in [-0.4, -0.2) is 27.9 Å². The molecule has 0 spiro atoms. The topological polar surface area (TPSA) is 99.0 Å². The fourth-order valence-corrected chi connectivity index (χ4v) is 4.39. The summed E-state index contributed by atoms with van der Waals surface area (Å²) < 4.78 is 48.7. The number of aromatic nitrogens is 4. The van der Waals surface area contributed by atoms with Gasteiger partial charge in [-0.2, -0.15) is 4.98 Å². The number of imidazole rings is 1. The fraction of sp³-hybridized carbons (Fsp3) is 0.174. The van der Waals surface area contributed by atoms with Crippen LogP contribution in [0.15, 0.2) is 60.9 Å². The van der Waals surface area contributed by atoms with Crippen molar-refractivity contribution >= 4 is 15.7 Å². The standard InChI is InChI=1S/C23H22FN5O3S/c1-15-16(2)29(14-25-15)22-12-23(27-17(3)26-22)32-20-10-8-19(9-11-20)28-33(30,31)13-18-6-4-5-7-21(18)24/h4-12,14,28H,13H2,1-3H3. The first kappa shape index (κ1) is 22.4. The van der Waals surface area contributed by atoms with Crippen molar-refractivity contribution < 1.29 is 17.5 Å². The number of rotatable bonds is 7. The van der Waals surface area contributed by atoms with Crippen LogP contribution in [0.25, 0.3) is 5.82 Å². The smallest absolute Gasteiger partial charge is 0.237 e. The second kappa shape index (κ2) is 8.99. The first-order chi connectivity index (χ1) is 15.7. The zero-order valence-corrected chi connectivity index (χ0v) is 19.1. The molecule has 0 saturated heterocycles. The zero-order chi connectivity index (χ0) is 23.6. The van der Waals surface area contributed by atoms with E-state index in [1.807, 2.05) is 18.4 Å². The van der Waals surface area contributed by atoms with Crippen molar-refractivity contribution in [2.45, 2.75) is 26.5 Å². The van der Waals surface area contributed by atoms with E-state index in [9.17, 15) is 12.8 Å². The van der Waals surface area contributed by atoms with Gasteiger partial charge in [0, 0.05) is 23.0 Å². The third-order valence-electron chi connectivity index (χ3n) is 4.95. The van der Waals surface area contributed by atoms with E-state index in [0.717, 1.165) is 11.4 Å². The molecule has 0 aliphatic rings. The largest absolute Gasteiger partial charge is 0.439 e. The second-order valence-electron chi connectivity index (χ2n) is 7.48. The van der Waals surface area contributed by atoms with Crippen molar-refractivity contribution in [1.82, 2.24) is 19.5 Å². The highest BCUT2D eigenvalue weighted by Crippen LogP contribution is 2.24. The lowest BCUT2D eigenvalue weighted by Crippen LogP contribution is -2.15. The molecule has 0 bridgehead atoms. The van der Waals surface area contributed by atoms with E-state index in [4.69, 9.17) is 4.74 Å². The lowest BCUT2D eigenvalue weighted by molar-refractivity contribution is 0.459. The quantitative estimate of drug-likeness (QED) is 0.431. The summed E-state index contributed by atoms with van der Waals surface area (Å²) in [6, 6.07) is 13.8. The first-order valence-electron chi connectivity index (χ1n) is 10.1. The molecule has 0 amide bonds. The molecule has 2 aromatic heterocycles. The Morgan fingerprint density at radius 1 is 1.03 bits per heavy atom. The van der Waals surface area contributed by atoms with Crippen molar-refractivity contribution in [3.8, 4) is 17.4 Å². The number of sulfonamides is 1. The van der Waals surface area contributed by atoms with E-state index >= 15 is 0 Å². The van der Waals surface area contributed by atoms with Crippen molar-refractivity contribution in [2.24, 2.45) is 0 Å². The van der Waals surface area contributed by atoms with Gasteiger partial charge in [-0.05, 0) is 51.1 Å². The molecule has 0 aliphatic carbocycles. The number of hydrogen-bond donors (Lipinski definition) is 1. The van der Waals surface area contributed by atoms with Gasteiger partial charge in [-0.15, -0.1) is 0 Å². The molecular weight excluding hydrogens is 445 g/mol. The number of aryl methyl sites for hydroxylation is 2. The van der Waals surface area contributed by atoms with Crippen LogP contribution in [0.3, 0.4) is 0 Å². The lowest BCUT2D eigenvalue weighted by Gasteiger charge is -2.11. The molecule has 8 nitrogen and oxygen atoms in total. The number of halogens is 1. The number of nitrogens with zero attached hydrogens (tertiary/aromatic N) is 4. The predicted octanol–water partition coefficient (Wildman–Crippen LogP) is 4.46. The summed E-state index contributed by atoms with van der Waals surface area (Å²) in [6.07, 6.45) is 1.69. The monoisotopic (exact) mass is 467 g/mol. The molecule has 2 heterocycles. The number of benzene rings is 2. The minimum atomic E-state index is -3.79. The highest BCUT2D eigenvalue weighted by atomic mass is 32.2. The Kier molecular flexibility index (Phi) is 6.10. The minimum Gasteiger partial charge on any atom is -0.439 e. The average Bonchev–Trinajstić information content (AvgIpc) is 3.09. The Hall–Kier alpha value is -3.79. The summed E-state index contributed by atoms with van der Waals surface area (Å²) in [6.45, 7) is 5.64. The van der Waals surface area contributed by atoms with Crippen molar-refractivity contribution in [3.63, 3.8) is 0 Å². The van der Waals surface area contributed by atoms with Crippen LogP contribution >= 0.6 is 0 Å². The first-order valence-corrected chi connectivity index (χ1v) is 11.7. The van der Waals surface area contributed by atoms with E-state index in [1.165, 1.54) is 18.2 Å². The van der Waals surface area contributed by atoms with E-state index in [0.29, 0.717) is 29.0 Å². The Morgan fingerprint density at radius 3 is 2.42 bits per heavy atom. The molecule has 2 aromatic carbocycles. The van der Waals surface area contributed by atoms with Crippen LogP contribution in [0.1, 0.15) is 22.8 Å². The van der Waals surface area contributed by atoms with Gasteiger partial charge in [-0.3, -0.25) is 9.29 Å². The van der Waals surface area contributed by atoms with Gasteiger partial charge in [0.05, 0.1) is 11.4 Å². The van der Waals surface area contributed by atoms with Gasteiger partial charge in [0.2, 0.25) is 15.9 Å². The third kappa shape index (κ3) is 5.35. The molecule has 1 N–H and O–H groups in total. The SMILES string of the molecule is Cc1nc(Oc2ccc(NS(=O)(=O)Cc3ccccc3F)cc2)cc(-n2cnc(C)c2C)n1. The molecular formula is C23H22FN5O3S. The van der Waals surface area contributed by atoms with Crippen molar-refractivity contribution in [2.75, 3.05) is 4.72 Å². The van der Waals surface area contributed by atoms with Gasteiger partial charge >= 0.3 is 0 Å². The predicted molar refractivity (Wildman–Crippen MR) is 123 cm³/mol. The highest BCUT2D eigenvalue weighted by molar-refractivity contribution is 7.91. The number of hydrogen-bond acceptors (Lipinski definition) is 6. The molecule has 4 rings (SSSR count). The van der Waals surface area contributed by atoms with Gasteiger partial charge in [0.1, 0.15) is 29.5 Å². The molecule has 0 saturated carbocycles. The Bertz CT molecular complexity index is 1400. The number of ether oxygens (including phenoxy) is 1. The summed E-state index contributed by atoms with van der Waals surface area (Å²) >= 11 is 0. The fourth-order valence-electron chi connectivity index (χ4n) is 3.18. The third-order valence-corrected chi connectivity index (χ3v) is 6.19. The Labute approximate surface area is 191 Å². The van der Waals surface area contributed by atoms with Gasteiger partial charge in [0.25, 0.3) is 0 Å². The molecule has 0 fully saturated rings. The van der Waals surface area contributed by atoms with Gasteiger partial charge in [0.15, 0.2) is 0 Å². The molecule has 4 aromatic rings. The van der Waals surface area contributed by atoms with Crippen LogP contribution in [0, 0.1) is 26.6 Å². The Morgan fingerprint density at radius 2 is 1.76 bits per heavy atom. The van der Waals surface area contributed by atoms with Crippen LogP contribution in [0.4, 0.5) is 10.1 Å². The summed E-state index contributed by atoms with van der Waals surface area (Å²) in [5.74, 6) is 0.950.